The summed E-state index contributed by atoms with van der Waals surface area (Å²) in [6.07, 6.45) is 0.885. The zero-order valence-corrected chi connectivity index (χ0v) is 18.4. The monoisotopic (exact) mass is 409 g/mol. The maximum Gasteiger partial charge on any atom is 0.251 e. The Hall–Kier alpha value is -3.53. The number of nitrogens with one attached hydrogen (secondary N) is 1. The van der Waals surface area contributed by atoms with E-state index in [-0.39, 0.29) is 11.9 Å². The fourth-order valence-electron chi connectivity index (χ4n) is 3.59. The molecule has 0 spiro atoms. The van der Waals surface area contributed by atoms with E-state index in [4.69, 9.17) is 9.97 Å². The van der Waals surface area contributed by atoms with Crippen molar-refractivity contribution >= 4 is 16.9 Å². The zero-order valence-electron chi connectivity index (χ0n) is 18.4. The Morgan fingerprint density at radius 2 is 1.42 bits per heavy atom. The summed E-state index contributed by atoms with van der Waals surface area (Å²) in [5, 5.41) is 3.02. The van der Waals surface area contributed by atoms with E-state index < -0.39 is 0 Å². The Bertz CT molecular complexity index is 1260. The molecular formula is C27H27N3O. The minimum atomic E-state index is -0.0853. The van der Waals surface area contributed by atoms with E-state index in [0.717, 1.165) is 40.0 Å². The smallest absolute Gasteiger partial charge is 0.251 e. The molecule has 1 amide bonds. The van der Waals surface area contributed by atoms with Gasteiger partial charge in [0.05, 0.1) is 22.4 Å². The molecule has 1 heterocycles. The maximum absolute atomic E-state index is 12.6. The Balaban J connectivity index is 1.89. The molecule has 4 nitrogen and oxygen atoms in total. The maximum atomic E-state index is 12.6. The summed E-state index contributed by atoms with van der Waals surface area (Å²) in [5.41, 5.74) is 8.13. The molecule has 4 rings (SSSR count). The fraction of sp³-hybridized carbons (Fsp3) is 0.222. The van der Waals surface area contributed by atoms with Gasteiger partial charge < -0.3 is 5.32 Å². The summed E-state index contributed by atoms with van der Waals surface area (Å²) in [7, 11) is 0. The number of hydrogen-bond donors (Lipinski definition) is 1. The first-order valence-corrected chi connectivity index (χ1v) is 10.7. The molecule has 1 N–H and O–H groups in total. The molecule has 0 aliphatic heterocycles. The lowest BCUT2D eigenvalue weighted by Crippen LogP contribution is -2.31. The van der Waals surface area contributed by atoms with Crippen LogP contribution < -0.4 is 5.32 Å². The third kappa shape index (κ3) is 4.48. The van der Waals surface area contributed by atoms with Crippen molar-refractivity contribution in [2.45, 2.75) is 40.2 Å². The second kappa shape index (κ2) is 8.68. The van der Waals surface area contributed by atoms with E-state index >= 15 is 0 Å². The molecule has 0 unspecified atom stereocenters. The van der Waals surface area contributed by atoms with Crippen LogP contribution in [0.5, 0.6) is 0 Å². The summed E-state index contributed by atoms with van der Waals surface area (Å²) in [5.74, 6) is -0.0853. The minimum absolute atomic E-state index is 0.0853. The molecule has 0 radical (unpaired) electrons. The van der Waals surface area contributed by atoms with E-state index in [0.29, 0.717) is 11.1 Å². The van der Waals surface area contributed by atoms with Gasteiger partial charge in [0.15, 0.2) is 0 Å². The number of hydrogen-bond acceptors (Lipinski definition) is 3. The molecule has 0 saturated carbocycles. The number of aromatic nitrogens is 2. The highest BCUT2D eigenvalue weighted by atomic mass is 16.1. The average molecular weight is 410 g/mol. The van der Waals surface area contributed by atoms with Crippen LogP contribution in [0.2, 0.25) is 0 Å². The van der Waals surface area contributed by atoms with Crippen LogP contribution in [0, 0.1) is 13.8 Å². The van der Waals surface area contributed by atoms with Gasteiger partial charge >= 0.3 is 0 Å². The van der Waals surface area contributed by atoms with E-state index in [1.165, 1.54) is 5.56 Å². The van der Waals surface area contributed by atoms with Crippen LogP contribution in [0.4, 0.5) is 0 Å². The van der Waals surface area contributed by atoms with Crippen molar-refractivity contribution in [1.29, 1.82) is 0 Å². The van der Waals surface area contributed by atoms with Gasteiger partial charge in [-0.25, -0.2) is 9.97 Å². The number of carbonyl (C=O) groups is 1. The molecule has 0 bridgehead atoms. The van der Waals surface area contributed by atoms with Crippen molar-refractivity contribution in [3.05, 3.63) is 83.4 Å². The van der Waals surface area contributed by atoms with Gasteiger partial charge in [0.2, 0.25) is 0 Å². The van der Waals surface area contributed by atoms with Crippen LogP contribution in [-0.4, -0.2) is 21.9 Å². The predicted molar refractivity (Wildman–Crippen MR) is 127 cm³/mol. The normalized spacial score (nSPS) is 12.0. The third-order valence-electron chi connectivity index (χ3n) is 5.50. The van der Waals surface area contributed by atoms with Crippen LogP contribution in [0.1, 0.15) is 41.8 Å². The molecule has 4 heteroatoms. The molecule has 0 aliphatic rings. The first kappa shape index (κ1) is 20.7. The van der Waals surface area contributed by atoms with Gasteiger partial charge in [-0.15, -0.1) is 0 Å². The van der Waals surface area contributed by atoms with Gasteiger partial charge in [-0.3, -0.25) is 4.79 Å². The van der Waals surface area contributed by atoms with Crippen LogP contribution in [0.25, 0.3) is 33.5 Å². The Morgan fingerprint density at radius 1 is 0.839 bits per heavy atom. The molecule has 4 aromatic rings. The molecule has 1 atom stereocenters. The van der Waals surface area contributed by atoms with Crippen molar-refractivity contribution < 1.29 is 4.79 Å². The fourth-order valence-corrected chi connectivity index (χ4v) is 3.59. The average Bonchev–Trinajstić information content (AvgIpc) is 2.77. The van der Waals surface area contributed by atoms with Crippen LogP contribution >= 0.6 is 0 Å². The van der Waals surface area contributed by atoms with Crippen molar-refractivity contribution in [2.75, 3.05) is 0 Å². The van der Waals surface area contributed by atoms with Crippen LogP contribution in [-0.2, 0) is 0 Å². The first-order valence-electron chi connectivity index (χ1n) is 10.7. The van der Waals surface area contributed by atoms with Crippen molar-refractivity contribution in [2.24, 2.45) is 0 Å². The standard InChI is InChI=1S/C27H27N3O/c1-5-19(4)28-27(31)22-12-13-23-24(16-22)30-26(21-11-7-9-18(3)15-21)25(29-23)20-10-6-8-17(2)14-20/h6-16,19H,5H2,1-4H3,(H,28,31)/t19-/m0/s1. The number of nitrogens with zero attached hydrogens (tertiary/aromatic N) is 2. The quantitative estimate of drug-likeness (QED) is 0.433. The highest BCUT2D eigenvalue weighted by Crippen LogP contribution is 2.32. The number of carbonyl (C=O) groups excluding carboxylic acids is 1. The van der Waals surface area contributed by atoms with E-state index in [1.807, 2.05) is 37.3 Å². The predicted octanol–water partition coefficient (Wildman–Crippen LogP) is 6.11. The van der Waals surface area contributed by atoms with Gasteiger partial charge in [0, 0.05) is 22.7 Å². The molecule has 3 aromatic carbocycles. The number of fused-ring (bicyclic) bond motifs is 1. The molecule has 0 aliphatic carbocycles. The summed E-state index contributed by atoms with van der Waals surface area (Å²) < 4.78 is 0. The molecule has 1 aromatic heterocycles. The number of benzene rings is 3. The molecule has 31 heavy (non-hydrogen) atoms. The van der Waals surface area contributed by atoms with Crippen molar-refractivity contribution in [3.63, 3.8) is 0 Å². The zero-order chi connectivity index (χ0) is 22.0. The highest BCUT2D eigenvalue weighted by molar-refractivity contribution is 5.98. The Morgan fingerprint density at radius 3 is 1.97 bits per heavy atom. The lowest BCUT2D eigenvalue weighted by molar-refractivity contribution is 0.0939. The van der Waals surface area contributed by atoms with E-state index in [9.17, 15) is 4.79 Å². The van der Waals surface area contributed by atoms with Crippen molar-refractivity contribution in [1.82, 2.24) is 15.3 Å². The summed E-state index contributed by atoms with van der Waals surface area (Å²) in [6, 6.07) is 22.3. The lowest BCUT2D eigenvalue weighted by Gasteiger charge is -2.13. The summed E-state index contributed by atoms with van der Waals surface area (Å²) in [4.78, 5) is 22.6. The van der Waals surface area contributed by atoms with Gasteiger partial charge in [-0.2, -0.15) is 0 Å². The molecule has 0 saturated heterocycles. The minimum Gasteiger partial charge on any atom is -0.350 e. The number of aryl methyl sites for hydroxylation is 2. The van der Waals surface area contributed by atoms with Gasteiger partial charge in [0.25, 0.3) is 5.91 Å². The van der Waals surface area contributed by atoms with Crippen molar-refractivity contribution in [3.8, 4) is 22.5 Å². The molecular weight excluding hydrogens is 382 g/mol. The Labute approximate surface area is 183 Å². The molecule has 156 valence electrons. The van der Waals surface area contributed by atoms with Gasteiger partial charge in [-0.05, 0) is 57.5 Å². The second-order valence-electron chi connectivity index (χ2n) is 8.15. The van der Waals surface area contributed by atoms with E-state index in [1.54, 1.807) is 0 Å². The van der Waals surface area contributed by atoms with Gasteiger partial charge in [0.1, 0.15) is 0 Å². The highest BCUT2D eigenvalue weighted by Gasteiger charge is 2.16. The largest absolute Gasteiger partial charge is 0.350 e. The molecule has 0 fully saturated rings. The Kier molecular flexibility index (Phi) is 5.81. The number of amides is 1. The third-order valence-corrected chi connectivity index (χ3v) is 5.50. The number of rotatable bonds is 5. The SMILES string of the molecule is CC[C@H](C)NC(=O)c1ccc2nc(-c3cccc(C)c3)c(-c3cccc(C)c3)nc2c1. The first-order chi connectivity index (χ1) is 14.9. The van der Waals surface area contributed by atoms with Crippen LogP contribution in [0.15, 0.2) is 66.7 Å². The van der Waals surface area contributed by atoms with E-state index in [2.05, 4.69) is 62.5 Å². The topological polar surface area (TPSA) is 54.9 Å². The van der Waals surface area contributed by atoms with Gasteiger partial charge in [-0.1, -0.05) is 54.4 Å². The second-order valence-corrected chi connectivity index (χ2v) is 8.15. The summed E-state index contributed by atoms with van der Waals surface area (Å²) >= 11 is 0. The lowest BCUT2D eigenvalue weighted by atomic mass is 10.0. The summed E-state index contributed by atoms with van der Waals surface area (Å²) in [6.45, 7) is 8.20. The van der Waals surface area contributed by atoms with Crippen LogP contribution in [0.3, 0.4) is 0 Å².